The van der Waals surface area contributed by atoms with E-state index in [9.17, 15) is 18.3 Å². The number of benzene rings is 4. The van der Waals surface area contributed by atoms with Crippen LogP contribution < -0.4 is 4.74 Å². The molecule has 0 heterocycles. The summed E-state index contributed by atoms with van der Waals surface area (Å²) in [5.74, 6) is -2.10. The Hall–Kier alpha value is -4.09. The van der Waals surface area contributed by atoms with Gasteiger partial charge in [0.25, 0.3) is 0 Å². The van der Waals surface area contributed by atoms with Crippen molar-refractivity contribution >= 4 is 12.2 Å². The molecule has 1 atom stereocenters. The number of hydrogen-bond acceptors (Lipinski definition) is 2. The molecule has 0 aliphatic rings. The van der Waals surface area contributed by atoms with Gasteiger partial charge in [-0.05, 0) is 53.3 Å². The summed E-state index contributed by atoms with van der Waals surface area (Å²) < 4.78 is 49.6. The SMILES string of the molecule is C=CCCOc1ccc(/C=C/c2ccc(-c3ccc(-c4ccc(C(C)O)cc4)c(F)c3F)cc2)cc1F. The van der Waals surface area contributed by atoms with E-state index >= 15 is 0 Å². The van der Waals surface area contributed by atoms with E-state index in [1.807, 2.05) is 6.08 Å². The quantitative estimate of drug-likeness (QED) is 0.142. The van der Waals surface area contributed by atoms with Gasteiger partial charge >= 0.3 is 0 Å². The maximum atomic E-state index is 15.0. The van der Waals surface area contributed by atoms with Gasteiger partial charge < -0.3 is 9.84 Å². The predicted molar refractivity (Wildman–Crippen MR) is 144 cm³/mol. The summed E-state index contributed by atoms with van der Waals surface area (Å²) >= 11 is 0. The minimum absolute atomic E-state index is 0.155. The summed E-state index contributed by atoms with van der Waals surface area (Å²) in [6, 6.07) is 21.6. The molecule has 0 radical (unpaired) electrons. The second kappa shape index (κ2) is 11.8. The number of ether oxygens (including phenoxy) is 1. The fourth-order valence-corrected chi connectivity index (χ4v) is 3.89. The van der Waals surface area contributed by atoms with Gasteiger partial charge in [-0.2, -0.15) is 0 Å². The van der Waals surface area contributed by atoms with Gasteiger partial charge in [0.1, 0.15) is 0 Å². The molecule has 0 aliphatic carbocycles. The summed E-state index contributed by atoms with van der Waals surface area (Å²) in [5, 5.41) is 9.65. The van der Waals surface area contributed by atoms with Crippen LogP contribution in [0.15, 0.2) is 91.5 Å². The molecule has 0 saturated carbocycles. The van der Waals surface area contributed by atoms with Gasteiger partial charge in [-0.1, -0.05) is 85.0 Å². The topological polar surface area (TPSA) is 29.5 Å². The minimum atomic E-state index is -0.926. The Kier molecular flexibility index (Phi) is 8.26. The fraction of sp³-hybridized carbons (Fsp3) is 0.125. The third-order valence-corrected chi connectivity index (χ3v) is 6.01. The second-order valence-corrected chi connectivity index (χ2v) is 8.66. The first-order valence-corrected chi connectivity index (χ1v) is 12.0. The van der Waals surface area contributed by atoms with Crippen molar-refractivity contribution in [3.63, 3.8) is 0 Å². The minimum Gasteiger partial charge on any atom is -0.490 e. The van der Waals surface area contributed by atoms with E-state index in [1.165, 1.54) is 6.07 Å². The van der Waals surface area contributed by atoms with Crippen molar-refractivity contribution in [2.45, 2.75) is 19.4 Å². The smallest absolute Gasteiger partial charge is 0.167 e. The van der Waals surface area contributed by atoms with Crippen LogP contribution in [-0.2, 0) is 0 Å². The molecule has 0 fully saturated rings. The fourth-order valence-electron chi connectivity index (χ4n) is 3.89. The number of halogens is 3. The lowest BCUT2D eigenvalue weighted by Gasteiger charge is -2.11. The molecule has 0 amide bonds. The molecule has 0 aliphatic heterocycles. The highest BCUT2D eigenvalue weighted by Crippen LogP contribution is 2.32. The Bertz CT molecular complexity index is 1410. The molecule has 0 bridgehead atoms. The molecule has 1 unspecified atom stereocenters. The highest BCUT2D eigenvalue weighted by molar-refractivity contribution is 5.74. The van der Waals surface area contributed by atoms with E-state index in [4.69, 9.17) is 4.74 Å². The van der Waals surface area contributed by atoms with Gasteiger partial charge in [0.2, 0.25) is 0 Å². The van der Waals surface area contributed by atoms with Crippen LogP contribution in [0.25, 0.3) is 34.4 Å². The van der Waals surface area contributed by atoms with Crippen LogP contribution in [-0.4, -0.2) is 11.7 Å². The van der Waals surface area contributed by atoms with Crippen molar-refractivity contribution in [1.29, 1.82) is 0 Å². The number of aliphatic hydroxyl groups is 1. The van der Waals surface area contributed by atoms with Crippen molar-refractivity contribution in [2.75, 3.05) is 6.61 Å². The number of rotatable bonds is 9. The van der Waals surface area contributed by atoms with Crippen LogP contribution >= 0.6 is 0 Å². The van der Waals surface area contributed by atoms with E-state index < -0.39 is 23.6 Å². The van der Waals surface area contributed by atoms with E-state index in [-0.39, 0.29) is 16.9 Å². The Labute approximate surface area is 215 Å². The third kappa shape index (κ3) is 6.19. The second-order valence-electron chi connectivity index (χ2n) is 8.66. The molecule has 0 spiro atoms. The zero-order valence-electron chi connectivity index (χ0n) is 20.4. The number of hydrogen-bond donors (Lipinski definition) is 1. The molecule has 188 valence electrons. The molecular formula is C32H27F3O2. The predicted octanol–water partition coefficient (Wildman–Crippen LogP) is 8.62. The maximum Gasteiger partial charge on any atom is 0.167 e. The van der Waals surface area contributed by atoms with Crippen LogP contribution in [0.5, 0.6) is 5.75 Å². The largest absolute Gasteiger partial charge is 0.490 e. The van der Waals surface area contributed by atoms with Crippen molar-refractivity contribution in [3.8, 4) is 28.0 Å². The summed E-state index contributed by atoms with van der Waals surface area (Å²) in [7, 11) is 0. The van der Waals surface area contributed by atoms with Gasteiger partial charge in [-0.25, -0.2) is 13.2 Å². The third-order valence-electron chi connectivity index (χ3n) is 6.01. The van der Waals surface area contributed by atoms with Crippen LogP contribution in [0.2, 0.25) is 0 Å². The summed E-state index contributed by atoms with van der Waals surface area (Å²) in [5.41, 5.74) is 3.57. The maximum absolute atomic E-state index is 15.0. The van der Waals surface area contributed by atoms with Gasteiger partial charge in [-0.15, -0.1) is 6.58 Å². The van der Waals surface area contributed by atoms with Crippen LogP contribution in [0.1, 0.15) is 36.1 Å². The molecule has 4 aromatic rings. The molecule has 0 aromatic heterocycles. The number of aliphatic hydroxyl groups excluding tert-OH is 1. The zero-order chi connectivity index (χ0) is 26.4. The Morgan fingerprint density at radius 3 is 1.86 bits per heavy atom. The highest BCUT2D eigenvalue weighted by atomic mass is 19.2. The molecule has 1 N–H and O–H groups in total. The van der Waals surface area contributed by atoms with Crippen LogP contribution in [0.3, 0.4) is 0 Å². The molecule has 2 nitrogen and oxygen atoms in total. The lowest BCUT2D eigenvalue weighted by molar-refractivity contribution is 0.199. The highest BCUT2D eigenvalue weighted by Gasteiger charge is 2.16. The first kappa shape index (κ1) is 26.0. The lowest BCUT2D eigenvalue weighted by atomic mass is 9.97. The molecular weight excluding hydrogens is 473 g/mol. The van der Waals surface area contributed by atoms with Crippen molar-refractivity contribution < 1.29 is 23.0 Å². The Morgan fingerprint density at radius 2 is 1.32 bits per heavy atom. The van der Waals surface area contributed by atoms with Crippen molar-refractivity contribution in [3.05, 3.63) is 126 Å². The summed E-state index contributed by atoms with van der Waals surface area (Å²) in [6.45, 7) is 5.62. The van der Waals surface area contributed by atoms with E-state index in [0.29, 0.717) is 35.3 Å². The summed E-state index contributed by atoms with van der Waals surface area (Å²) in [6.07, 6.45) is 5.29. The standard InChI is InChI=1S/C32H27F3O2/c1-3-4-19-37-30-18-9-23(20-29(30)33)6-5-22-7-10-25(11-8-22)27-16-17-28(32(35)31(27)34)26-14-12-24(13-15-26)21(2)36/h3,5-18,20-21,36H,1,4,19H2,2H3/b6-5+. The van der Waals surface area contributed by atoms with Gasteiger partial charge in [0.05, 0.1) is 12.7 Å². The average molecular weight is 501 g/mol. The Balaban J connectivity index is 1.49. The van der Waals surface area contributed by atoms with Gasteiger partial charge in [0.15, 0.2) is 23.2 Å². The molecule has 4 rings (SSSR count). The first-order chi connectivity index (χ1) is 17.9. The zero-order valence-corrected chi connectivity index (χ0v) is 20.4. The van der Waals surface area contributed by atoms with Crippen molar-refractivity contribution in [1.82, 2.24) is 0 Å². The van der Waals surface area contributed by atoms with E-state index in [1.54, 1.807) is 91.9 Å². The van der Waals surface area contributed by atoms with Gasteiger partial charge in [-0.3, -0.25) is 0 Å². The molecule has 5 heteroatoms. The summed E-state index contributed by atoms with van der Waals surface area (Å²) in [4.78, 5) is 0. The first-order valence-electron chi connectivity index (χ1n) is 12.0. The van der Waals surface area contributed by atoms with Crippen molar-refractivity contribution in [2.24, 2.45) is 0 Å². The van der Waals surface area contributed by atoms with Crippen LogP contribution in [0.4, 0.5) is 13.2 Å². The van der Waals surface area contributed by atoms with E-state index in [2.05, 4.69) is 6.58 Å². The van der Waals surface area contributed by atoms with Crippen LogP contribution in [0, 0.1) is 17.5 Å². The normalized spacial score (nSPS) is 12.0. The van der Waals surface area contributed by atoms with Gasteiger partial charge in [0, 0.05) is 11.1 Å². The Morgan fingerprint density at radius 1 is 0.784 bits per heavy atom. The lowest BCUT2D eigenvalue weighted by Crippen LogP contribution is -1.97. The monoisotopic (exact) mass is 500 g/mol. The molecule has 4 aromatic carbocycles. The van der Waals surface area contributed by atoms with E-state index in [0.717, 1.165) is 5.56 Å². The molecule has 37 heavy (non-hydrogen) atoms. The average Bonchev–Trinajstić information content (AvgIpc) is 2.91. The molecule has 0 saturated heterocycles.